The molecule has 0 bridgehead atoms. The summed E-state index contributed by atoms with van der Waals surface area (Å²) < 4.78 is 46.6. The summed E-state index contributed by atoms with van der Waals surface area (Å²) in [6.07, 6.45) is 1.84. The molecule has 0 N–H and O–H groups in total. The average Bonchev–Trinajstić information content (AvgIpc) is 2.15. The first-order chi connectivity index (χ1) is 7.24. The van der Waals surface area contributed by atoms with Gasteiger partial charge in [0.1, 0.15) is 11.5 Å². The van der Waals surface area contributed by atoms with Crippen molar-refractivity contribution >= 4 is 25.5 Å². The van der Waals surface area contributed by atoms with Crippen LogP contribution in [0.4, 0.5) is 0 Å². The van der Waals surface area contributed by atoms with Crippen LogP contribution in [0.15, 0.2) is 35.1 Å². The lowest BCUT2D eigenvalue weighted by Gasteiger charge is -2.03. The maximum Gasteiger partial charge on any atom is 0.186 e. The Morgan fingerprint density at radius 2 is 1.19 bits per heavy atom. The number of sulfone groups is 2. The zero-order chi connectivity index (χ0) is 12.6. The highest BCUT2D eigenvalue weighted by atomic mass is 32.2. The second kappa shape index (κ2) is 3.99. The van der Waals surface area contributed by atoms with Crippen LogP contribution < -0.4 is 0 Å². The molecule has 0 aromatic carbocycles. The molecule has 0 saturated carbocycles. The van der Waals surface area contributed by atoms with Crippen LogP contribution in [0, 0.1) is 0 Å². The van der Waals surface area contributed by atoms with Gasteiger partial charge in [-0.15, -0.1) is 0 Å². The van der Waals surface area contributed by atoms with Crippen molar-refractivity contribution in [2.45, 2.75) is 0 Å². The summed E-state index contributed by atoms with van der Waals surface area (Å²) in [7, 11) is -7.86. The number of hydrogen-bond acceptors (Lipinski definition) is 5. The average molecular weight is 262 g/mol. The van der Waals surface area contributed by atoms with Crippen LogP contribution in [-0.2, 0) is 24.5 Å². The zero-order valence-corrected chi connectivity index (χ0v) is 9.97. The first kappa shape index (κ1) is 12.9. The minimum atomic E-state index is -3.93. The Bertz CT molecular complexity index is 538. The summed E-state index contributed by atoms with van der Waals surface area (Å²) in [5.74, 6) is -2.48. The van der Waals surface area contributed by atoms with Crippen molar-refractivity contribution in [1.82, 2.24) is 0 Å². The van der Waals surface area contributed by atoms with Crippen LogP contribution in [0.2, 0.25) is 0 Å². The first-order valence-electron chi connectivity index (χ1n) is 4.21. The molecule has 0 amide bonds. The lowest BCUT2D eigenvalue weighted by atomic mass is 10.5. The standard InChI is InChI=1S/C9H10O5S2/c1-3-8-9(4-2)16(13,14)6-7(10)5-15(8,11)12/h3-4H,1-2,5-6H2. The van der Waals surface area contributed by atoms with Crippen LogP contribution in [0.1, 0.15) is 0 Å². The van der Waals surface area contributed by atoms with Crippen molar-refractivity contribution < 1.29 is 21.6 Å². The zero-order valence-electron chi connectivity index (χ0n) is 8.34. The Kier molecular flexibility index (Phi) is 3.20. The van der Waals surface area contributed by atoms with E-state index in [1.807, 2.05) is 0 Å². The molecule has 1 rings (SSSR count). The molecule has 0 aromatic heterocycles. The number of carbonyl (C=O) groups excluding carboxylic acids is 1. The largest absolute Gasteiger partial charge is 0.297 e. The highest BCUT2D eigenvalue weighted by Crippen LogP contribution is 2.24. The molecule has 0 saturated heterocycles. The van der Waals surface area contributed by atoms with E-state index >= 15 is 0 Å². The van der Waals surface area contributed by atoms with Crippen LogP contribution in [0.25, 0.3) is 0 Å². The number of Topliss-reactive ketones (excluding diaryl/α,β-unsaturated/α-hetero) is 1. The molecule has 0 aliphatic carbocycles. The van der Waals surface area contributed by atoms with E-state index in [4.69, 9.17) is 0 Å². The molecule has 1 heterocycles. The molecule has 0 unspecified atom stereocenters. The van der Waals surface area contributed by atoms with Crippen molar-refractivity contribution in [3.05, 3.63) is 35.1 Å². The van der Waals surface area contributed by atoms with Crippen LogP contribution in [-0.4, -0.2) is 34.1 Å². The molecule has 1 aliphatic rings. The van der Waals surface area contributed by atoms with E-state index < -0.39 is 46.8 Å². The highest BCUT2D eigenvalue weighted by molar-refractivity contribution is 8.01. The van der Waals surface area contributed by atoms with Gasteiger partial charge in [-0.25, -0.2) is 16.8 Å². The second-order valence-electron chi connectivity index (χ2n) is 3.19. The van der Waals surface area contributed by atoms with Gasteiger partial charge in [-0.05, 0) is 12.2 Å². The molecule has 0 spiro atoms. The van der Waals surface area contributed by atoms with Crippen LogP contribution in [0.3, 0.4) is 0 Å². The predicted octanol–water partition coefficient (Wildman–Crippen LogP) is -0.0177. The molecule has 0 fully saturated rings. The second-order valence-corrected chi connectivity index (χ2v) is 7.11. The molecule has 7 heteroatoms. The van der Waals surface area contributed by atoms with Crippen molar-refractivity contribution in [3.8, 4) is 0 Å². The molecule has 1 aliphatic heterocycles. The molecule has 0 aromatic rings. The van der Waals surface area contributed by atoms with Crippen LogP contribution in [0.5, 0.6) is 0 Å². The number of rotatable bonds is 2. The summed E-state index contributed by atoms with van der Waals surface area (Å²) in [4.78, 5) is 10.3. The van der Waals surface area contributed by atoms with E-state index in [2.05, 4.69) is 13.2 Å². The van der Waals surface area contributed by atoms with Gasteiger partial charge in [0.05, 0.1) is 9.81 Å². The van der Waals surface area contributed by atoms with Gasteiger partial charge in [0.2, 0.25) is 0 Å². The van der Waals surface area contributed by atoms with Gasteiger partial charge in [-0.3, -0.25) is 4.79 Å². The Morgan fingerprint density at radius 1 is 0.875 bits per heavy atom. The minimum absolute atomic E-state index is 0.451. The molecule has 16 heavy (non-hydrogen) atoms. The first-order valence-corrected chi connectivity index (χ1v) is 7.51. The fourth-order valence-electron chi connectivity index (χ4n) is 1.38. The third kappa shape index (κ3) is 2.14. The number of hydrogen-bond donors (Lipinski definition) is 0. The summed E-state index contributed by atoms with van der Waals surface area (Å²) in [6, 6.07) is 0. The third-order valence-electron chi connectivity index (χ3n) is 1.99. The molecular weight excluding hydrogens is 252 g/mol. The van der Waals surface area contributed by atoms with Gasteiger partial charge in [-0.1, -0.05) is 13.2 Å². The van der Waals surface area contributed by atoms with Crippen molar-refractivity contribution in [2.24, 2.45) is 0 Å². The number of carbonyl (C=O) groups is 1. The Labute approximate surface area is 94.0 Å². The van der Waals surface area contributed by atoms with E-state index in [-0.39, 0.29) is 0 Å². The Hall–Kier alpha value is -1.21. The smallest absolute Gasteiger partial charge is 0.186 e. The van der Waals surface area contributed by atoms with E-state index in [9.17, 15) is 21.6 Å². The Morgan fingerprint density at radius 3 is 1.44 bits per heavy atom. The van der Waals surface area contributed by atoms with E-state index in [1.165, 1.54) is 0 Å². The van der Waals surface area contributed by atoms with Gasteiger partial charge < -0.3 is 0 Å². The molecule has 5 nitrogen and oxygen atoms in total. The van der Waals surface area contributed by atoms with Crippen LogP contribution >= 0.6 is 0 Å². The lowest BCUT2D eigenvalue weighted by molar-refractivity contribution is -0.114. The Balaban J connectivity index is 3.75. The van der Waals surface area contributed by atoms with Gasteiger partial charge in [0.15, 0.2) is 25.5 Å². The summed E-state index contributed by atoms with van der Waals surface area (Å²) in [5, 5.41) is 0. The van der Waals surface area contributed by atoms with Gasteiger partial charge >= 0.3 is 0 Å². The maximum absolute atomic E-state index is 11.6. The van der Waals surface area contributed by atoms with E-state index in [0.29, 0.717) is 0 Å². The predicted molar refractivity (Wildman–Crippen MR) is 60.0 cm³/mol. The number of ketones is 1. The van der Waals surface area contributed by atoms with Crippen molar-refractivity contribution in [3.63, 3.8) is 0 Å². The third-order valence-corrected chi connectivity index (χ3v) is 5.63. The van der Waals surface area contributed by atoms with Crippen molar-refractivity contribution in [1.29, 1.82) is 0 Å². The van der Waals surface area contributed by atoms with Gasteiger partial charge in [0.25, 0.3) is 0 Å². The normalized spacial score (nSPS) is 23.6. The lowest BCUT2D eigenvalue weighted by Crippen LogP contribution is -2.19. The summed E-state index contributed by atoms with van der Waals surface area (Å²) >= 11 is 0. The fourth-order valence-corrected chi connectivity index (χ4v) is 4.92. The monoisotopic (exact) mass is 262 g/mol. The molecule has 0 atom stereocenters. The number of allylic oxidation sites excluding steroid dienone is 2. The SMILES string of the molecule is C=CC1=C(C=C)S(=O)(=O)CC(=O)CS1(=O)=O. The highest BCUT2D eigenvalue weighted by Gasteiger charge is 2.34. The quantitative estimate of drug-likeness (QED) is 0.698. The molecule has 88 valence electrons. The van der Waals surface area contributed by atoms with E-state index in [1.54, 1.807) is 0 Å². The van der Waals surface area contributed by atoms with Gasteiger partial charge in [-0.2, -0.15) is 0 Å². The summed E-state index contributed by atoms with van der Waals surface area (Å²) in [5.41, 5.74) is 0. The molecule has 0 radical (unpaired) electrons. The summed E-state index contributed by atoms with van der Waals surface area (Å²) in [6.45, 7) is 6.50. The fraction of sp³-hybridized carbons (Fsp3) is 0.222. The maximum atomic E-state index is 11.6. The van der Waals surface area contributed by atoms with Gasteiger partial charge in [0, 0.05) is 0 Å². The van der Waals surface area contributed by atoms with E-state index in [0.717, 1.165) is 12.2 Å². The minimum Gasteiger partial charge on any atom is -0.297 e. The van der Waals surface area contributed by atoms with Crippen molar-refractivity contribution in [2.75, 3.05) is 11.5 Å². The molecular formula is C9H10O5S2. The topological polar surface area (TPSA) is 85.3 Å².